The van der Waals surface area contributed by atoms with Crippen LogP contribution in [0.3, 0.4) is 0 Å². The van der Waals surface area contributed by atoms with Gasteiger partial charge in [-0.25, -0.2) is 19.4 Å². The molecule has 3 aromatic heterocycles. The maximum Gasteiger partial charge on any atom is 0.324 e. The summed E-state index contributed by atoms with van der Waals surface area (Å²) in [6.45, 7) is 8.38. The maximum atomic E-state index is 13.5. The number of pyridine rings is 1. The summed E-state index contributed by atoms with van der Waals surface area (Å²) in [6.07, 6.45) is 10.9. The number of hydrogen-bond acceptors (Lipinski definition) is 8. The lowest BCUT2D eigenvalue weighted by Crippen LogP contribution is -2.22. The lowest BCUT2D eigenvalue weighted by molar-refractivity contribution is -0.120. The van der Waals surface area contributed by atoms with Crippen LogP contribution in [-0.2, 0) is 30.8 Å². The van der Waals surface area contributed by atoms with Gasteiger partial charge in [0.2, 0.25) is 5.91 Å². The number of nitrogens with zero attached hydrogens (tertiary/aromatic N) is 5. The van der Waals surface area contributed by atoms with Crippen molar-refractivity contribution in [3.63, 3.8) is 0 Å². The number of rotatable bonds is 16. The van der Waals surface area contributed by atoms with Crippen molar-refractivity contribution in [3.05, 3.63) is 133 Å². The average Bonchev–Trinajstić information content (AvgIpc) is 3.58. The van der Waals surface area contributed by atoms with Crippen LogP contribution in [0, 0.1) is 0 Å². The fourth-order valence-electron chi connectivity index (χ4n) is 5.66. The number of anilines is 4. The molecule has 53 heavy (non-hydrogen) atoms. The van der Waals surface area contributed by atoms with Crippen molar-refractivity contribution in [3.8, 4) is 11.4 Å². The zero-order chi connectivity index (χ0) is 37.0. The Morgan fingerprint density at radius 2 is 1.68 bits per heavy atom. The highest BCUT2D eigenvalue weighted by Crippen LogP contribution is 2.32. The van der Waals surface area contributed by atoms with E-state index in [1.807, 2.05) is 84.9 Å². The summed E-state index contributed by atoms with van der Waals surface area (Å²) in [6, 6.07) is 24.9. The zero-order valence-corrected chi connectivity index (χ0v) is 29.9. The summed E-state index contributed by atoms with van der Waals surface area (Å²) < 4.78 is 8.07. The van der Waals surface area contributed by atoms with Gasteiger partial charge in [-0.1, -0.05) is 62.7 Å². The molecule has 270 valence electrons. The molecule has 0 atom stereocenters. The number of fused-ring (bicyclic) bond motifs is 1. The molecule has 3 amide bonds. The van der Waals surface area contributed by atoms with E-state index in [0.29, 0.717) is 47.5 Å². The molecule has 3 aromatic carbocycles. The van der Waals surface area contributed by atoms with Crippen molar-refractivity contribution >= 4 is 45.9 Å². The van der Waals surface area contributed by atoms with Gasteiger partial charge >= 0.3 is 6.03 Å². The van der Waals surface area contributed by atoms with Gasteiger partial charge in [0.25, 0.3) is 0 Å². The Labute approximate surface area is 308 Å². The van der Waals surface area contributed by atoms with Crippen LogP contribution in [0.25, 0.3) is 16.5 Å². The van der Waals surface area contributed by atoms with Crippen LogP contribution < -0.4 is 26.0 Å². The summed E-state index contributed by atoms with van der Waals surface area (Å²) in [5.41, 5.74) is 5.13. The number of benzene rings is 3. The molecule has 0 aliphatic carbocycles. The number of allylic oxidation sites excluding steroid dienone is 1. The van der Waals surface area contributed by atoms with Crippen LogP contribution in [0.1, 0.15) is 55.6 Å². The highest BCUT2D eigenvalue weighted by Gasteiger charge is 2.15. The first-order chi connectivity index (χ1) is 25.9. The van der Waals surface area contributed by atoms with E-state index in [-0.39, 0.29) is 18.5 Å². The lowest BCUT2D eigenvalue weighted by Gasteiger charge is -2.15. The Kier molecular flexibility index (Phi) is 12.0. The van der Waals surface area contributed by atoms with Gasteiger partial charge in [0, 0.05) is 29.5 Å². The van der Waals surface area contributed by atoms with E-state index in [1.165, 1.54) is 0 Å². The van der Waals surface area contributed by atoms with Gasteiger partial charge in [0.1, 0.15) is 29.8 Å². The van der Waals surface area contributed by atoms with Gasteiger partial charge in [-0.15, -0.1) is 6.58 Å². The van der Waals surface area contributed by atoms with E-state index in [2.05, 4.69) is 49.7 Å². The minimum Gasteiger partial charge on any atom is -0.488 e. The largest absolute Gasteiger partial charge is 0.488 e. The fraction of sp³-hybridized carbons (Fsp3) is 0.220. The van der Waals surface area contributed by atoms with Crippen LogP contribution in [0.4, 0.5) is 27.9 Å². The summed E-state index contributed by atoms with van der Waals surface area (Å²) in [4.78, 5) is 38.1. The molecular formula is C41H43N9O3. The van der Waals surface area contributed by atoms with Gasteiger partial charge < -0.3 is 20.7 Å². The standard InChI is InChI=1S/C41H43N9O3/c1-4-7-11-30-23-39(50(49-30)32-16-14-28(10-5-2)15-17-32)48-41(52)46-35-18-19-36(34-13-9-8-12-33(34)35)53-27-29-20-21-42-37(22-29)47-38-26-43-31(24-44-38)25-45-40(51)6-3/h5,8-9,12-24,26H,2,4,6-7,10-11,25,27H2,1,3H3,(H,45,51)(H,42,44,47)(H2,46,48,52). The molecule has 0 unspecified atom stereocenters. The molecule has 0 radical (unpaired) electrons. The van der Waals surface area contributed by atoms with Crippen LogP contribution in [0.15, 0.2) is 110 Å². The maximum absolute atomic E-state index is 13.5. The molecule has 0 aliphatic heterocycles. The monoisotopic (exact) mass is 709 g/mol. The first-order valence-corrected chi connectivity index (χ1v) is 17.7. The normalized spacial score (nSPS) is 10.8. The fourth-order valence-corrected chi connectivity index (χ4v) is 5.66. The molecule has 6 rings (SSSR count). The first kappa shape index (κ1) is 36.2. The Morgan fingerprint density at radius 1 is 0.849 bits per heavy atom. The van der Waals surface area contributed by atoms with Crippen molar-refractivity contribution in [2.24, 2.45) is 0 Å². The second kappa shape index (κ2) is 17.6. The van der Waals surface area contributed by atoms with Crippen molar-refractivity contribution in [2.45, 2.75) is 59.1 Å². The molecule has 6 aromatic rings. The number of carbonyl (C=O) groups excluding carboxylic acids is 2. The predicted molar refractivity (Wildman–Crippen MR) is 209 cm³/mol. The van der Waals surface area contributed by atoms with Gasteiger partial charge in [-0.2, -0.15) is 5.10 Å². The van der Waals surface area contributed by atoms with E-state index in [4.69, 9.17) is 9.84 Å². The van der Waals surface area contributed by atoms with Crippen molar-refractivity contribution in [1.82, 2.24) is 30.0 Å². The van der Waals surface area contributed by atoms with Crippen molar-refractivity contribution in [1.29, 1.82) is 0 Å². The number of carbonyl (C=O) groups is 2. The van der Waals surface area contributed by atoms with Crippen LogP contribution in [0.2, 0.25) is 0 Å². The van der Waals surface area contributed by atoms with Crippen LogP contribution in [0.5, 0.6) is 5.75 Å². The van der Waals surface area contributed by atoms with Crippen molar-refractivity contribution in [2.75, 3.05) is 16.0 Å². The lowest BCUT2D eigenvalue weighted by atomic mass is 10.1. The van der Waals surface area contributed by atoms with Gasteiger partial charge in [-0.3, -0.25) is 15.1 Å². The van der Waals surface area contributed by atoms with E-state index in [0.717, 1.165) is 59.0 Å². The van der Waals surface area contributed by atoms with Crippen LogP contribution in [-0.4, -0.2) is 36.7 Å². The molecule has 0 spiro atoms. The molecular weight excluding hydrogens is 667 g/mol. The topological polar surface area (TPSA) is 148 Å². The molecule has 4 N–H and O–H groups in total. The minimum absolute atomic E-state index is 0.0422. The Morgan fingerprint density at radius 3 is 2.43 bits per heavy atom. The third-order valence-corrected chi connectivity index (χ3v) is 8.45. The van der Waals surface area contributed by atoms with Gasteiger partial charge in [-0.05, 0) is 66.8 Å². The van der Waals surface area contributed by atoms with E-state index in [1.54, 1.807) is 30.2 Å². The number of nitrogens with one attached hydrogen (secondary N) is 4. The molecule has 0 fully saturated rings. The number of amides is 3. The third kappa shape index (κ3) is 9.61. The van der Waals surface area contributed by atoms with Gasteiger partial charge in [0.15, 0.2) is 0 Å². The number of aromatic nitrogens is 5. The minimum atomic E-state index is -0.380. The van der Waals surface area contributed by atoms with E-state index in [9.17, 15) is 9.59 Å². The Balaban J connectivity index is 1.12. The molecule has 0 saturated carbocycles. The zero-order valence-electron chi connectivity index (χ0n) is 29.9. The summed E-state index contributed by atoms with van der Waals surface area (Å²) in [5.74, 6) is 2.33. The first-order valence-electron chi connectivity index (χ1n) is 17.7. The smallest absolute Gasteiger partial charge is 0.324 e. The highest BCUT2D eigenvalue weighted by molar-refractivity contribution is 6.07. The second-order valence-electron chi connectivity index (χ2n) is 12.4. The molecule has 12 heteroatoms. The summed E-state index contributed by atoms with van der Waals surface area (Å²) in [7, 11) is 0. The number of ether oxygens (including phenoxy) is 1. The molecule has 0 aliphatic rings. The quantitative estimate of drug-likeness (QED) is 0.0734. The second-order valence-corrected chi connectivity index (χ2v) is 12.4. The Hall–Kier alpha value is -6.56. The predicted octanol–water partition coefficient (Wildman–Crippen LogP) is 8.27. The number of unbranched alkanes of at least 4 members (excludes halogenated alkanes) is 1. The summed E-state index contributed by atoms with van der Waals surface area (Å²) in [5, 5.41) is 18.5. The number of aryl methyl sites for hydroxylation is 1. The number of hydrogen-bond donors (Lipinski definition) is 4. The van der Waals surface area contributed by atoms with E-state index >= 15 is 0 Å². The van der Waals surface area contributed by atoms with Crippen LogP contribution >= 0.6 is 0 Å². The SMILES string of the molecule is C=CCc1ccc(-n2nc(CCCC)cc2NC(=O)Nc2ccc(OCc3ccnc(Nc4cnc(CNC(=O)CC)cn4)c3)c3ccccc23)cc1. The third-order valence-electron chi connectivity index (χ3n) is 8.45. The molecule has 3 heterocycles. The van der Waals surface area contributed by atoms with Crippen molar-refractivity contribution < 1.29 is 14.3 Å². The molecule has 0 saturated heterocycles. The highest BCUT2D eigenvalue weighted by atomic mass is 16.5. The Bertz CT molecular complexity index is 2180. The average molecular weight is 710 g/mol. The molecule has 0 bridgehead atoms. The van der Waals surface area contributed by atoms with E-state index < -0.39 is 0 Å². The summed E-state index contributed by atoms with van der Waals surface area (Å²) >= 11 is 0. The molecule has 12 nitrogen and oxygen atoms in total. The number of urea groups is 1. The van der Waals surface area contributed by atoms with Gasteiger partial charge in [0.05, 0.1) is 41.7 Å².